The fourth-order valence-electron chi connectivity index (χ4n) is 1.04. The van der Waals surface area contributed by atoms with Gasteiger partial charge in [0.2, 0.25) is 0 Å². The first kappa shape index (κ1) is 9.40. The van der Waals surface area contributed by atoms with Crippen LogP contribution in [0.25, 0.3) is 0 Å². The van der Waals surface area contributed by atoms with E-state index in [-0.39, 0.29) is 6.42 Å². The molecule has 1 aliphatic heterocycles. The van der Waals surface area contributed by atoms with Crippen LogP contribution in [0.15, 0.2) is 0 Å². The minimum Gasteiger partial charge on any atom is -0.479 e. The van der Waals surface area contributed by atoms with Crippen LogP contribution in [0, 0.1) is 0 Å². The number of aliphatic carboxylic acids is 1. The van der Waals surface area contributed by atoms with Crippen molar-refractivity contribution in [3.05, 3.63) is 0 Å². The van der Waals surface area contributed by atoms with E-state index in [0.717, 1.165) is 0 Å². The monoisotopic (exact) mass is 178 g/mol. The van der Waals surface area contributed by atoms with Crippen molar-refractivity contribution < 1.29 is 30.0 Å². The molecule has 0 aromatic rings. The molecule has 0 amide bonds. The molecule has 1 saturated heterocycles. The van der Waals surface area contributed by atoms with Crippen molar-refractivity contribution in [3.63, 3.8) is 0 Å². The summed E-state index contributed by atoms with van der Waals surface area (Å²) >= 11 is 0. The zero-order valence-corrected chi connectivity index (χ0v) is 6.12. The number of carboxylic acids is 1. The lowest BCUT2D eigenvalue weighted by molar-refractivity contribution is -0.247. The number of hydrogen-bond donors (Lipinski definition) is 4. The lowest BCUT2D eigenvalue weighted by atomic mass is 10.0. The molecule has 6 nitrogen and oxygen atoms in total. The Bertz CT molecular complexity index is 181. The van der Waals surface area contributed by atoms with Gasteiger partial charge in [0, 0.05) is 6.42 Å². The van der Waals surface area contributed by atoms with E-state index in [2.05, 4.69) is 4.74 Å². The molecule has 0 aromatic carbocycles. The maximum absolute atomic E-state index is 10.3. The molecule has 0 aromatic heterocycles. The second-order valence-corrected chi connectivity index (χ2v) is 2.66. The highest BCUT2D eigenvalue weighted by molar-refractivity contribution is 5.73. The van der Waals surface area contributed by atoms with Gasteiger partial charge in [-0.1, -0.05) is 0 Å². The van der Waals surface area contributed by atoms with Crippen molar-refractivity contribution in [1.82, 2.24) is 0 Å². The topological polar surface area (TPSA) is 107 Å². The quantitative estimate of drug-likeness (QED) is 0.366. The smallest absolute Gasteiger partial charge is 0.335 e. The Labute approximate surface area is 68.0 Å². The molecule has 1 aliphatic rings. The fraction of sp³-hybridized carbons (Fsp3) is 0.833. The highest BCUT2D eigenvalue weighted by Gasteiger charge is 2.39. The van der Waals surface area contributed by atoms with Crippen LogP contribution in [0.3, 0.4) is 0 Å². The summed E-state index contributed by atoms with van der Waals surface area (Å²) in [7, 11) is 0. The van der Waals surface area contributed by atoms with Crippen LogP contribution >= 0.6 is 0 Å². The van der Waals surface area contributed by atoms with E-state index in [1.165, 1.54) is 0 Å². The highest BCUT2D eigenvalue weighted by Crippen LogP contribution is 2.18. The molecule has 12 heavy (non-hydrogen) atoms. The normalized spacial score (nSPS) is 42.6. The Kier molecular flexibility index (Phi) is 2.63. The van der Waals surface area contributed by atoms with Crippen molar-refractivity contribution >= 4 is 5.97 Å². The lowest BCUT2D eigenvalue weighted by Crippen LogP contribution is -2.50. The van der Waals surface area contributed by atoms with E-state index in [1.807, 2.05) is 0 Å². The largest absolute Gasteiger partial charge is 0.479 e. The number of carboxylic acid groups (broad SMARTS) is 1. The molecule has 4 N–H and O–H groups in total. The second-order valence-electron chi connectivity index (χ2n) is 2.66. The van der Waals surface area contributed by atoms with Crippen molar-refractivity contribution in [3.8, 4) is 0 Å². The predicted octanol–water partition coefficient (Wildman–Crippen LogP) is -2.10. The Morgan fingerprint density at radius 1 is 1.25 bits per heavy atom. The van der Waals surface area contributed by atoms with Gasteiger partial charge < -0.3 is 25.2 Å². The van der Waals surface area contributed by atoms with Gasteiger partial charge in [-0.15, -0.1) is 0 Å². The van der Waals surface area contributed by atoms with Crippen LogP contribution in [-0.2, 0) is 9.53 Å². The number of carbonyl (C=O) groups is 1. The third kappa shape index (κ3) is 1.72. The van der Waals surface area contributed by atoms with Gasteiger partial charge in [0.1, 0.15) is 6.10 Å². The van der Waals surface area contributed by atoms with Crippen LogP contribution < -0.4 is 0 Å². The van der Waals surface area contributed by atoms with E-state index >= 15 is 0 Å². The van der Waals surface area contributed by atoms with Crippen molar-refractivity contribution in [2.45, 2.75) is 31.0 Å². The molecule has 0 radical (unpaired) electrons. The summed E-state index contributed by atoms with van der Waals surface area (Å²) in [4.78, 5) is 10.3. The van der Waals surface area contributed by atoms with Crippen LogP contribution in [0.5, 0.6) is 0 Å². The van der Waals surface area contributed by atoms with Crippen LogP contribution in [0.2, 0.25) is 0 Å². The third-order valence-electron chi connectivity index (χ3n) is 1.69. The van der Waals surface area contributed by atoms with Gasteiger partial charge in [0.25, 0.3) is 0 Å². The Morgan fingerprint density at radius 2 is 1.83 bits per heavy atom. The van der Waals surface area contributed by atoms with Crippen LogP contribution in [0.4, 0.5) is 0 Å². The summed E-state index contributed by atoms with van der Waals surface area (Å²) in [5.74, 6) is -1.35. The molecule has 70 valence electrons. The number of aliphatic hydroxyl groups is 3. The Balaban J connectivity index is 2.61. The standard InChI is InChI=1S/C6H10O6/c7-2-1-3(8)6(11)12-4(2)5(9)10/h2-4,6-8,11H,1H2,(H,9,10)/t2-,3+,4?,6?/m0/s1. The number of ether oxygens (including phenoxy) is 1. The van der Waals surface area contributed by atoms with Crippen LogP contribution in [0.1, 0.15) is 6.42 Å². The molecule has 1 fully saturated rings. The van der Waals surface area contributed by atoms with Gasteiger partial charge in [-0.3, -0.25) is 0 Å². The highest BCUT2D eigenvalue weighted by atomic mass is 16.6. The number of aliphatic hydroxyl groups excluding tert-OH is 3. The summed E-state index contributed by atoms with van der Waals surface area (Å²) in [6, 6.07) is 0. The predicted molar refractivity (Wildman–Crippen MR) is 35.1 cm³/mol. The molecule has 6 heteroatoms. The number of hydrogen-bond acceptors (Lipinski definition) is 5. The summed E-state index contributed by atoms with van der Waals surface area (Å²) in [5.41, 5.74) is 0. The molecular formula is C6H10O6. The zero-order chi connectivity index (χ0) is 9.30. The molecule has 1 rings (SSSR count). The molecule has 1 heterocycles. The van der Waals surface area contributed by atoms with E-state index in [9.17, 15) is 4.79 Å². The lowest BCUT2D eigenvalue weighted by Gasteiger charge is -2.31. The molecule has 0 spiro atoms. The molecule has 0 saturated carbocycles. The van der Waals surface area contributed by atoms with Crippen molar-refractivity contribution in [2.24, 2.45) is 0 Å². The maximum Gasteiger partial charge on any atom is 0.335 e. The second kappa shape index (κ2) is 3.36. The van der Waals surface area contributed by atoms with E-state index in [0.29, 0.717) is 0 Å². The minimum absolute atomic E-state index is 0.196. The first-order valence-corrected chi connectivity index (χ1v) is 3.45. The summed E-state index contributed by atoms with van der Waals surface area (Å²) in [6.45, 7) is 0. The molecular weight excluding hydrogens is 168 g/mol. The van der Waals surface area contributed by atoms with E-state index < -0.39 is 30.6 Å². The maximum atomic E-state index is 10.3. The Morgan fingerprint density at radius 3 is 2.33 bits per heavy atom. The van der Waals surface area contributed by atoms with Crippen LogP contribution in [-0.4, -0.2) is 51.0 Å². The van der Waals surface area contributed by atoms with Gasteiger partial charge in [-0.2, -0.15) is 0 Å². The SMILES string of the molecule is O=C(O)C1OC(O)[C@H](O)C[C@@H]1O. The Hall–Kier alpha value is -0.690. The first-order chi connectivity index (χ1) is 5.52. The van der Waals surface area contributed by atoms with Gasteiger partial charge in [0.05, 0.1) is 6.10 Å². The van der Waals surface area contributed by atoms with E-state index in [1.54, 1.807) is 0 Å². The van der Waals surface area contributed by atoms with Gasteiger partial charge in [0.15, 0.2) is 12.4 Å². The first-order valence-electron chi connectivity index (χ1n) is 3.45. The van der Waals surface area contributed by atoms with Crippen molar-refractivity contribution in [1.29, 1.82) is 0 Å². The summed E-state index contributed by atoms with van der Waals surface area (Å²) in [5, 5.41) is 35.3. The third-order valence-corrected chi connectivity index (χ3v) is 1.69. The van der Waals surface area contributed by atoms with Gasteiger partial charge in [-0.05, 0) is 0 Å². The number of rotatable bonds is 1. The molecule has 0 aliphatic carbocycles. The summed E-state index contributed by atoms with van der Waals surface area (Å²) < 4.78 is 4.43. The van der Waals surface area contributed by atoms with E-state index in [4.69, 9.17) is 20.4 Å². The van der Waals surface area contributed by atoms with Crippen molar-refractivity contribution in [2.75, 3.05) is 0 Å². The average molecular weight is 178 g/mol. The van der Waals surface area contributed by atoms with Gasteiger partial charge in [-0.25, -0.2) is 4.79 Å². The van der Waals surface area contributed by atoms with Gasteiger partial charge >= 0.3 is 5.97 Å². The summed E-state index contributed by atoms with van der Waals surface area (Å²) in [6.07, 6.45) is -5.69. The molecule has 2 unspecified atom stereocenters. The average Bonchev–Trinajstić information content (AvgIpc) is 1.96. The fourth-order valence-corrected chi connectivity index (χ4v) is 1.04. The zero-order valence-electron chi connectivity index (χ0n) is 6.12. The molecule has 4 atom stereocenters. The minimum atomic E-state index is -1.53. The molecule has 0 bridgehead atoms.